The highest BCUT2D eigenvalue weighted by Gasteiger charge is 2.14. The summed E-state index contributed by atoms with van der Waals surface area (Å²) < 4.78 is 20.3. The number of hydrogen-bond acceptors (Lipinski definition) is 4. The van der Waals surface area contributed by atoms with Gasteiger partial charge in [-0.2, -0.15) is 0 Å². The van der Waals surface area contributed by atoms with Crippen LogP contribution in [0.2, 0.25) is 0 Å². The third kappa shape index (κ3) is 4.91. The summed E-state index contributed by atoms with van der Waals surface area (Å²) in [6, 6.07) is 5.47. The van der Waals surface area contributed by atoms with Gasteiger partial charge in [-0.25, -0.2) is 9.18 Å². The molecule has 134 valence electrons. The summed E-state index contributed by atoms with van der Waals surface area (Å²) in [4.78, 5) is 11.8. The second-order valence-electron chi connectivity index (χ2n) is 5.91. The van der Waals surface area contributed by atoms with Gasteiger partial charge in [0.15, 0.2) is 5.82 Å². The van der Waals surface area contributed by atoms with Crippen molar-refractivity contribution in [2.45, 2.75) is 38.8 Å². The van der Waals surface area contributed by atoms with Gasteiger partial charge >= 0.3 is 6.03 Å². The average molecular weight is 347 g/mol. The lowest BCUT2D eigenvalue weighted by molar-refractivity contribution is 0.235. The molecule has 2 N–H and O–H groups in total. The van der Waals surface area contributed by atoms with Crippen LogP contribution in [-0.2, 0) is 19.5 Å². The lowest BCUT2D eigenvalue weighted by Gasteiger charge is -2.10. The van der Waals surface area contributed by atoms with Crippen LogP contribution in [0.15, 0.2) is 24.3 Å². The molecule has 7 nitrogen and oxygen atoms in total. The fourth-order valence-corrected chi connectivity index (χ4v) is 2.76. The third-order valence-corrected chi connectivity index (χ3v) is 4.06. The molecule has 0 atom stereocenters. The average Bonchev–Trinajstić information content (AvgIpc) is 2.85. The molecule has 0 spiro atoms. The number of aromatic nitrogens is 3. The molecule has 2 aromatic rings. The zero-order chi connectivity index (χ0) is 17.5. The van der Waals surface area contributed by atoms with E-state index in [2.05, 4.69) is 25.4 Å². The van der Waals surface area contributed by atoms with Crippen molar-refractivity contribution in [1.29, 1.82) is 0 Å². The zero-order valence-corrected chi connectivity index (χ0v) is 14.0. The summed E-state index contributed by atoms with van der Waals surface area (Å²) in [5.41, 5.74) is 0. The van der Waals surface area contributed by atoms with Gasteiger partial charge in [-0.3, -0.25) is 0 Å². The molecule has 0 radical (unpaired) electrons. The number of ether oxygens (including phenoxy) is 1. The quantitative estimate of drug-likeness (QED) is 0.784. The van der Waals surface area contributed by atoms with Crippen molar-refractivity contribution in [3.8, 4) is 5.75 Å². The van der Waals surface area contributed by atoms with Gasteiger partial charge in [-0.1, -0.05) is 6.42 Å². The van der Waals surface area contributed by atoms with Gasteiger partial charge in [0.1, 0.15) is 24.0 Å². The first kappa shape index (κ1) is 17.2. The van der Waals surface area contributed by atoms with Crippen LogP contribution in [0.25, 0.3) is 0 Å². The number of nitrogens with one attached hydrogen (secondary N) is 2. The first-order valence-electron chi connectivity index (χ1n) is 8.53. The molecule has 1 aromatic carbocycles. The lowest BCUT2D eigenvalue weighted by atomic mass is 10.2. The minimum Gasteiger partial charge on any atom is -0.492 e. The number of carbonyl (C=O) groups excluding carboxylic acids is 1. The number of aryl methyl sites for hydroxylation is 1. The van der Waals surface area contributed by atoms with E-state index < -0.39 is 0 Å². The molecule has 8 heteroatoms. The highest BCUT2D eigenvalue weighted by molar-refractivity contribution is 5.73. The summed E-state index contributed by atoms with van der Waals surface area (Å²) in [5.74, 6) is 2.04. The Kier molecular flexibility index (Phi) is 5.81. The number of amides is 2. The van der Waals surface area contributed by atoms with E-state index in [0.717, 1.165) is 37.5 Å². The SMILES string of the molecule is O=C(NCCOc1ccc(F)cc1)NCc1nnc2n1CCCCC2. The predicted octanol–water partition coefficient (Wildman–Crippen LogP) is 2.02. The Morgan fingerprint density at radius 1 is 1.16 bits per heavy atom. The van der Waals surface area contributed by atoms with Crippen molar-refractivity contribution in [2.75, 3.05) is 13.2 Å². The maximum Gasteiger partial charge on any atom is 0.315 e. The maximum absolute atomic E-state index is 12.8. The molecule has 1 aliphatic rings. The number of benzene rings is 1. The molecule has 0 aliphatic carbocycles. The fourth-order valence-electron chi connectivity index (χ4n) is 2.76. The molecule has 0 saturated heterocycles. The summed E-state index contributed by atoms with van der Waals surface area (Å²) in [6.45, 7) is 1.91. The third-order valence-electron chi connectivity index (χ3n) is 4.06. The van der Waals surface area contributed by atoms with Gasteiger partial charge in [-0.15, -0.1) is 10.2 Å². The van der Waals surface area contributed by atoms with Crippen LogP contribution in [0, 0.1) is 5.82 Å². The lowest BCUT2D eigenvalue weighted by Crippen LogP contribution is -2.37. The molecule has 0 saturated carbocycles. The summed E-state index contributed by atoms with van der Waals surface area (Å²) >= 11 is 0. The minimum absolute atomic E-state index is 0.284. The van der Waals surface area contributed by atoms with E-state index in [1.807, 2.05) is 0 Å². The molecular formula is C17H22FN5O2. The maximum atomic E-state index is 12.8. The Morgan fingerprint density at radius 3 is 2.84 bits per heavy atom. The molecule has 0 fully saturated rings. The van der Waals surface area contributed by atoms with E-state index in [-0.39, 0.29) is 11.8 Å². The van der Waals surface area contributed by atoms with Gasteiger partial charge in [0.05, 0.1) is 13.1 Å². The topological polar surface area (TPSA) is 81.1 Å². The molecular weight excluding hydrogens is 325 g/mol. The van der Waals surface area contributed by atoms with Crippen LogP contribution < -0.4 is 15.4 Å². The van der Waals surface area contributed by atoms with Crippen molar-refractivity contribution in [3.05, 3.63) is 41.7 Å². The van der Waals surface area contributed by atoms with E-state index >= 15 is 0 Å². The fraction of sp³-hybridized carbons (Fsp3) is 0.471. The molecule has 0 unspecified atom stereocenters. The molecule has 2 heterocycles. The first-order chi connectivity index (χ1) is 12.2. The largest absolute Gasteiger partial charge is 0.492 e. The van der Waals surface area contributed by atoms with Crippen LogP contribution in [0.4, 0.5) is 9.18 Å². The highest BCUT2D eigenvalue weighted by atomic mass is 19.1. The Hall–Kier alpha value is -2.64. The van der Waals surface area contributed by atoms with Crippen molar-refractivity contribution in [1.82, 2.24) is 25.4 Å². The smallest absolute Gasteiger partial charge is 0.315 e. The Bertz CT molecular complexity index is 702. The summed E-state index contributed by atoms with van der Waals surface area (Å²) in [6.07, 6.45) is 4.40. The predicted molar refractivity (Wildman–Crippen MR) is 89.7 cm³/mol. The Balaban J connectivity index is 1.37. The molecule has 2 amide bonds. The number of fused-ring (bicyclic) bond motifs is 1. The Labute approximate surface area is 145 Å². The van der Waals surface area contributed by atoms with Crippen LogP contribution in [0.1, 0.15) is 30.9 Å². The first-order valence-corrected chi connectivity index (χ1v) is 8.53. The van der Waals surface area contributed by atoms with E-state index in [0.29, 0.717) is 25.4 Å². The highest BCUT2D eigenvalue weighted by Crippen LogP contribution is 2.14. The van der Waals surface area contributed by atoms with E-state index in [9.17, 15) is 9.18 Å². The van der Waals surface area contributed by atoms with Gasteiger partial charge in [0.25, 0.3) is 0 Å². The molecule has 0 bridgehead atoms. The van der Waals surface area contributed by atoms with Gasteiger partial charge < -0.3 is 19.9 Å². The monoisotopic (exact) mass is 347 g/mol. The Morgan fingerprint density at radius 2 is 2.00 bits per heavy atom. The standard InChI is InChI=1S/C17H22FN5O2/c18-13-5-7-14(8-6-13)25-11-9-19-17(24)20-12-16-22-21-15-4-2-1-3-10-23(15)16/h5-8H,1-4,9-12H2,(H2,19,20,24). The molecule has 1 aromatic heterocycles. The van der Waals surface area contributed by atoms with Crippen molar-refractivity contribution < 1.29 is 13.9 Å². The van der Waals surface area contributed by atoms with Crippen LogP contribution in [0.5, 0.6) is 5.75 Å². The number of nitrogens with zero attached hydrogens (tertiary/aromatic N) is 3. The van der Waals surface area contributed by atoms with Crippen molar-refractivity contribution >= 4 is 6.03 Å². The summed E-state index contributed by atoms with van der Waals surface area (Å²) in [7, 11) is 0. The van der Waals surface area contributed by atoms with E-state index in [4.69, 9.17) is 4.74 Å². The van der Waals surface area contributed by atoms with Gasteiger partial charge in [-0.05, 0) is 37.1 Å². The van der Waals surface area contributed by atoms with Crippen LogP contribution >= 0.6 is 0 Å². The molecule has 25 heavy (non-hydrogen) atoms. The number of carbonyl (C=O) groups is 1. The zero-order valence-electron chi connectivity index (χ0n) is 14.0. The second-order valence-corrected chi connectivity index (χ2v) is 5.91. The van der Waals surface area contributed by atoms with Gasteiger partial charge in [0, 0.05) is 13.0 Å². The second kappa shape index (κ2) is 8.46. The number of halogens is 1. The molecule has 3 rings (SSSR count). The van der Waals surface area contributed by atoms with Crippen molar-refractivity contribution in [2.24, 2.45) is 0 Å². The van der Waals surface area contributed by atoms with E-state index in [1.54, 1.807) is 12.1 Å². The summed E-state index contributed by atoms with van der Waals surface area (Å²) in [5, 5.41) is 13.9. The van der Waals surface area contributed by atoms with Crippen LogP contribution in [0.3, 0.4) is 0 Å². The van der Waals surface area contributed by atoms with Gasteiger partial charge in [0.2, 0.25) is 0 Å². The normalized spacial score (nSPS) is 13.6. The number of hydrogen-bond donors (Lipinski definition) is 2. The van der Waals surface area contributed by atoms with Crippen molar-refractivity contribution in [3.63, 3.8) is 0 Å². The minimum atomic E-state index is -0.309. The van der Waals surface area contributed by atoms with E-state index in [1.165, 1.54) is 18.6 Å². The number of rotatable bonds is 6. The molecule has 1 aliphatic heterocycles. The number of urea groups is 1. The van der Waals surface area contributed by atoms with Crippen LogP contribution in [-0.4, -0.2) is 33.9 Å².